The molecule has 1 aliphatic heterocycles. The molecule has 4 rings (SSSR count). The highest BCUT2D eigenvalue weighted by molar-refractivity contribution is 8.03. The number of aryl methyl sites for hydroxylation is 1. The smallest absolute Gasteiger partial charge is 0.247 e. The number of allylic oxidation sites excluding steroid dienone is 2. The predicted molar refractivity (Wildman–Crippen MR) is 143 cm³/mol. The lowest BCUT2D eigenvalue weighted by molar-refractivity contribution is -0.139. The van der Waals surface area contributed by atoms with Gasteiger partial charge in [-0.15, -0.1) is 0 Å². The molecule has 192 valence electrons. The first-order valence-corrected chi connectivity index (χ1v) is 14.1. The Morgan fingerprint density at radius 2 is 1.94 bits per heavy atom. The zero-order valence-corrected chi connectivity index (χ0v) is 22.1. The van der Waals surface area contributed by atoms with E-state index >= 15 is 0 Å². The summed E-state index contributed by atoms with van der Waals surface area (Å²) in [5, 5.41) is 12.3. The van der Waals surface area contributed by atoms with Crippen molar-refractivity contribution in [3.8, 4) is 0 Å². The average Bonchev–Trinajstić information content (AvgIpc) is 3.62. The standard InChI is InChI=1S/C28H42N4O2S/c1-3-9-26(35-25-13-8-7-10-19(25)2)24-16-22(33)17-31(24)28(34)27(21-11-5-4-6-12-21)32(30)18-23(29)20-14-15-20/h7-10,13,18,20-22,24,27,33H,3-6,11-12,14-17,29-30H2,1-2H3/b23-18-,26-9+. The van der Waals surface area contributed by atoms with Gasteiger partial charge in [-0.3, -0.25) is 4.79 Å². The van der Waals surface area contributed by atoms with Gasteiger partial charge in [-0.2, -0.15) is 0 Å². The van der Waals surface area contributed by atoms with E-state index in [1.54, 1.807) is 23.0 Å². The molecule has 3 aliphatic rings. The minimum atomic E-state index is -0.535. The summed E-state index contributed by atoms with van der Waals surface area (Å²) in [6, 6.07) is 7.73. The molecule has 1 heterocycles. The summed E-state index contributed by atoms with van der Waals surface area (Å²) in [5.41, 5.74) is 8.29. The fourth-order valence-electron chi connectivity index (χ4n) is 5.54. The van der Waals surface area contributed by atoms with Gasteiger partial charge in [0.1, 0.15) is 6.04 Å². The van der Waals surface area contributed by atoms with E-state index in [4.69, 9.17) is 11.6 Å². The zero-order chi connectivity index (χ0) is 24.9. The lowest BCUT2D eigenvalue weighted by atomic mass is 9.83. The van der Waals surface area contributed by atoms with Crippen LogP contribution >= 0.6 is 11.8 Å². The van der Waals surface area contributed by atoms with Crippen molar-refractivity contribution in [3.05, 3.63) is 52.7 Å². The minimum Gasteiger partial charge on any atom is -0.401 e. The summed E-state index contributed by atoms with van der Waals surface area (Å²) < 4.78 is 0. The molecule has 1 amide bonds. The highest BCUT2D eigenvalue weighted by Gasteiger charge is 2.43. The van der Waals surface area contributed by atoms with E-state index in [2.05, 4.69) is 32.1 Å². The number of hydrogen-bond acceptors (Lipinski definition) is 6. The van der Waals surface area contributed by atoms with E-state index in [1.165, 1.54) is 16.9 Å². The minimum absolute atomic E-state index is 0.0215. The van der Waals surface area contributed by atoms with Crippen molar-refractivity contribution in [2.75, 3.05) is 6.54 Å². The summed E-state index contributed by atoms with van der Waals surface area (Å²) in [7, 11) is 0. The molecular weight excluding hydrogens is 456 g/mol. The maximum absolute atomic E-state index is 14.2. The molecule has 5 N–H and O–H groups in total. The van der Waals surface area contributed by atoms with Gasteiger partial charge in [0.05, 0.1) is 12.1 Å². The number of β-amino-alcohol motifs (C(OH)–C–C–N with tert-alkyl or cyclic N) is 1. The van der Waals surface area contributed by atoms with Gasteiger partial charge in [-0.25, -0.2) is 5.84 Å². The van der Waals surface area contributed by atoms with Crippen LogP contribution in [0.25, 0.3) is 0 Å². The van der Waals surface area contributed by atoms with Gasteiger partial charge in [-0.1, -0.05) is 62.2 Å². The molecule has 0 spiro atoms. The number of carbonyl (C=O) groups is 1. The van der Waals surface area contributed by atoms with Crippen LogP contribution in [-0.4, -0.2) is 45.7 Å². The van der Waals surface area contributed by atoms with Crippen molar-refractivity contribution in [1.82, 2.24) is 9.91 Å². The third-order valence-electron chi connectivity index (χ3n) is 7.63. The van der Waals surface area contributed by atoms with Crippen LogP contribution in [0.3, 0.4) is 0 Å². The lowest BCUT2D eigenvalue weighted by Crippen LogP contribution is -2.55. The van der Waals surface area contributed by atoms with Gasteiger partial charge < -0.3 is 20.7 Å². The number of benzene rings is 1. The van der Waals surface area contributed by atoms with Crippen molar-refractivity contribution < 1.29 is 9.90 Å². The van der Waals surface area contributed by atoms with E-state index in [1.807, 2.05) is 17.0 Å². The predicted octanol–water partition coefficient (Wildman–Crippen LogP) is 4.68. The Balaban J connectivity index is 1.61. The molecule has 7 heteroatoms. The molecule has 35 heavy (non-hydrogen) atoms. The Labute approximate surface area is 214 Å². The van der Waals surface area contributed by atoms with Gasteiger partial charge in [0.2, 0.25) is 5.91 Å². The molecule has 0 radical (unpaired) electrons. The monoisotopic (exact) mass is 498 g/mol. The quantitative estimate of drug-likeness (QED) is 0.260. The molecule has 3 unspecified atom stereocenters. The van der Waals surface area contributed by atoms with Crippen molar-refractivity contribution in [3.63, 3.8) is 0 Å². The first kappa shape index (κ1) is 26.1. The molecular formula is C28H42N4O2S. The van der Waals surface area contributed by atoms with Gasteiger partial charge >= 0.3 is 0 Å². The summed E-state index contributed by atoms with van der Waals surface area (Å²) in [4.78, 5) is 18.4. The number of thioether (sulfide) groups is 1. The first-order valence-electron chi connectivity index (χ1n) is 13.3. The number of hydrazine groups is 1. The van der Waals surface area contributed by atoms with Crippen molar-refractivity contribution in [2.24, 2.45) is 23.4 Å². The number of nitrogens with two attached hydrogens (primary N) is 2. The maximum atomic E-state index is 14.2. The number of amides is 1. The maximum Gasteiger partial charge on any atom is 0.247 e. The van der Waals surface area contributed by atoms with Crippen LogP contribution in [0.1, 0.15) is 70.3 Å². The SMILES string of the molecule is CC/C=C(/Sc1ccccc1C)C1CC(O)CN1C(=O)C(C1CCCCC1)N(N)/C=C(\N)C1CC1. The number of likely N-dealkylation sites (tertiary alicyclic amines) is 1. The molecule has 1 saturated heterocycles. The van der Waals surface area contributed by atoms with Gasteiger partial charge in [0, 0.05) is 40.6 Å². The molecule has 1 aromatic rings. The Kier molecular flexibility index (Phi) is 8.84. The number of aliphatic hydroxyl groups is 1. The van der Waals surface area contributed by atoms with E-state index < -0.39 is 12.1 Å². The van der Waals surface area contributed by atoms with Crippen molar-refractivity contribution in [2.45, 2.75) is 94.7 Å². The molecule has 3 atom stereocenters. The van der Waals surface area contributed by atoms with Gasteiger partial charge in [-0.05, 0) is 56.6 Å². The van der Waals surface area contributed by atoms with Gasteiger partial charge in [0.15, 0.2) is 0 Å². The first-order chi connectivity index (χ1) is 16.9. The van der Waals surface area contributed by atoms with Crippen LogP contribution in [0.2, 0.25) is 0 Å². The van der Waals surface area contributed by atoms with Crippen LogP contribution in [0.4, 0.5) is 0 Å². The highest BCUT2D eigenvalue weighted by Crippen LogP contribution is 2.39. The van der Waals surface area contributed by atoms with Crippen molar-refractivity contribution in [1.29, 1.82) is 0 Å². The molecule has 0 aromatic heterocycles. The molecule has 2 saturated carbocycles. The topological polar surface area (TPSA) is 95.8 Å². The van der Waals surface area contributed by atoms with Crippen LogP contribution in [-0.2, 0) is 4.79 Å². The van der Waals surface area contributed by atoms with E-state index in [9.17, 15) is 9.90 Å². The summed E-state index contributed by atoms with van der Waals surface area (Å²) in [5.74, 6) is 7.21. The molecule has 1 aromatic carbocycles. The summed E-state index contributed by atoms with van der Waals surface area (Å²) >= 11 is 1.72. The Morgan fingerprint density at radius 1 is 1.23 bits per heavy atom. The van der Waals surface area contributed by atoms with E-state index in [0.717, 1.165) is 55.5 Å². The fraction of sp³-hybridized carbons (Fsp3) is 0.607. The summed E-state index contributed by atoms with van der Waals surface area (Å²) in [6.07, 6.45) is 12.6. The number of aliphatic hydroxyl groups excluding tert-OH is 1. The van der Waals surface area contributed by atoms with E-state index in [-0.39, 0.29) is 17.9 Å². The Hall–Kier alpha value is -1.96. The number of carbonyl (C=O) groups excluding carboxylic acids is 1. The Bertz CT molecular complexity index is 939. The second kappa shape index (κ2) is 11.8. The number of nitrogens with zero attached hydrogens (tertiary/aromatic N) is 2. The fourth-order valence-corrected chi connectivity index (χ4v) is 6.78. The second-order valence-corrected chi connectivity index (χ2v) is 11.6. The Morgan fingerprint density at radius 3 is 2.60 bits per heavy atom. The lowest BCUT2D eigenvalue weighted by Gasteiger charge is -2.39. The third kappa shape index (κ3) is 6.43. The largest absolute Gasteiger partial charge is 0.401 e. The summed E-state index contributed by atoms with van der Waals surface area (Å²) in [6.45, 7) is 4.58. The molecule has 0 bridgehead atoms. The second-order valence-electron chi connectivity index (χ2n) is 10.5. The molecule has 3 fully saturated rings. The van der Waals surface area contributed by atoms with Crippen molar-refractivity contribution >= 4 is 17.7 Å². The molecule has 6 nitrogen and oxygen atoms in total. The number of rotatable bonds is 9. The van der Waals surface area contributed by atoms with Crippen LogP contribution < -0.4 is 11.6 Å². The van der Waals surface area contributed by atoms with E-state index in [0.29, 0.717) is 18.9 Å². The number of hydrogen-bond donors (Lipinski definition) is 3. The third-order valence-corrected chi connectivity index (χ3v) is 8.99. The van der Waals surface area contributed by atoms with Crippen LogP contribution in [0.15, 0.2) is 52.0 Å². The zero-order valence-electron chi connectivity index (χ0n) is 21.2. The highest BCUT2D eigenvalue weighted by atomic mass is 32.2. The van der Waals surface area contributed by atoms with Gasteiger partial charge in [0.25, 0.3) is 0 Å². The molecule has 2 aliphatic carbocycles. The average molecular weight is 499 g/mol. The van der Waals surface area contributed by atoms with Crippen LogP contribution in [0.5, 0.6) is 0 Å². The normalized spacial score (nSPS) is 25.1. The van der Waals surface area contributed by atoms with Crippen LogP contribution in [0, 0.1) is 18.8 Å².